The Labute approximate surface area is 240 Å². The number of anilines is 1. The molecule has 41 heavy (non-hydrogen) atoms. The second kappa shape index (κ2) is 9.74. The lowest BCUT2D eigenvalue weighted by Gasteiger charge is -2.33. The topological polar surface area (TPSA) is 93.2 Å². The summed E-state index contributed by atoms with van der Waals surface area (Å²) >= 11 is 6.05. The number of carbonyl (C=O) groups excluding carboxylic acids is 4. The number of Topliss-reactive ketones (excluding diaryl/α,β-unsaturated/α-hetero) is 2. The molecule has 0 N–H and O–H groups in total. The summed E-state index contributed by atoms with van der Waals surface area (Å²) in [7, 11) is 0. The molecule has 0 radical (unpaired) electrons. The van der Waals surface area contributed by atoms with Gasteiger partial charge in [0.1, 0.15) is 19.3 Å². The van der Waals surface area contributed by atoms with Crippen LogP contribution < -0.4 is 14.4 Å². The number of rotatable bonds is 5. The third-order valence-electron chi connectivity index (χ3n) is 8.03. The zero-order valence-electron chi connectivity index (χ0n) is 21.6. The number of fused-ring (bicyclic) bond motifs is 4. The Bertz CT molecular complexity index is 1670. The molecule has 0 spiro atoms. The summed E-state index contributed by atoms with van der Waals surface area (Å²) in [6, 6.07) is 18.6. The third-order valence-corrected chi connectivity index (χ3v) is 8.28. The smallest absolute Gasteiger partial charge is 0.240 e. The Morgan fingerprint density at radius 1 is 0.805 bits per heavy atom. The van der Waals surface area contributed by atoms with Crippen LogP contribution in [-0.4, -0.2) is 53.6 Å². The van der Waals surface area contributed by atoms with E-state index in [1.807, 2.05) is 6.07 Å². The number of amides is 2. The third kappa shape index (κ3) is 4.05. The molecule has 2 fully saturated rings. The van der Waals surface area contributed by atoms with E-state index in [9.17, 15) is 19.2 Å². The molecule has 2 saturated heterocycles. The number of imide groups is 1. The second-order valence-corrected chi connectivity index (χ2v) is 10.7. The summed E-state index contributed by atoms with van der Waals surface area (Å²) in [5, 5.41) is 0.477. The summed E-state index contributed by atoms with van der Waals surface area (Å²) in [6.07, 6.45) is 5.01. The van der Waals surface area contributed by atoms with Crippen molar-refractivity contribution in [2.75, 3.05) is 18.1 Å². The SMILES string of the molecule is O=C(C1=C[C@@H]2[C@@H]3C(=O)N(c4ccc5c(c4)OCCO5)C(=O)[C@@H]3[C@@H](C(=O)c3ccc(Cl)cc3)N2C=C1)c1ccccc1. The van der Waals surface area contributed by atoms with Crippen LogP contribution in [0, 0.1) is 11.8 Å². The Kier molecular flexibility index (Phi) is 6.01. The molecule has 4 heterocycles. The van der Waals surface area contributed by atoms with Crippen LogP contribution in [0.2, 0.25) is 5.02 Å². The predicted molar refractivity (Wildman–Crippen MR) is 150 cm³/mol. The normalized spacial score (nSPS) is 24.2. The molecule has 4 atom stereocenters. The van der Waals surface area contributed by atoms with Gasteiger partial charge < -0.3 is 14.4 Å². The minimum absolute atomic E-state index is 0.203. The monoisotopic (exact) mass is 566 g/mol. The first-order valence-electron chi connectivity index (χ1n) is 13.3. The van der Waals surface area contributed by atoms with Gasteiger partial charge in [0.15, 0.2) is 23.1 Å². The van der Waals surface area contributed by atoms with Gasteiger partial charge in [-0.05, 0) is 42.5 Å². The van der Waals surface area contributed by atoms with Crippen LogP contribution in [-0.2, 0) is 9.59 Å². The highest BCUT2D eigenvalue weighted by atomic mass is 35.5. The largest absolute Gasteiger partial charge is 0.486 e. The van der Waals surface area contributed by atoms with Crippen molar-refractivity contribution in [1.29, 1.82) is 0 Å². The number of benzene rings is 3. The number of carbonyl (C=O) groups is 4. The lowest BCUT2D eigenvalue weighted by atomic mass is 9.85. The van der Waals surface area contributed by atoms with Crippen LogP contribution in [0.5, 0.6) is 11.5 Å². The molecule has 2 amide bonds. The van der Waals surface area contributed by atoms with E-state index in [1.165, 1.54) is 0 Å². The zero-order valence-corrected chi connectivity index (χ0v) is 22.4. The van der Waals surface area contributed by atoms with E-state index in [2.05, 4.69) is 0 Å². The predicted octanol–water partition coefficient (Wildman–Crippen LogP) is 4.49. The molecule has 0 saturated carbocycles. The van der Waals surface area contributed by atoms with Crippen LogP contribution in [0.1, 0.15) is 20.7 Å². The van der Waals surface area contributed by atoms with Gasteiger partial charge >= 0.3 is 0 Å². The first-order valence-corrected chi connectivity index (χ1v) is 13.6. The van der Waals surface area contributed by atoms with Gasteiger partial charge in [-0.15, -0.1) is 0 Å². The minimum Gasteiger partial charge on any atom is -0.486 e. The highest BCUT2D eigenvalue weighted by Gasteiger charge is 2.63. The Morgan fingerprint density at radius 2 is 1.51 bits per heavy atom. The maximum Gasteiger partial charge on any atom is 0.240 e. The molecule has 3 aromatic rings. The van der Waals surface area contributed by atoms with E-state index in [0.29, 0.717) is 52.1 Å². The van der Waals surface area contributed by atoms with E-state index in [0.717, 1.165) is 4.90 Å². The fraction of sp³-hybridized carbons (Fsp3) is 0.188. The standard InChI is InChI=1S/C32H23ClN2O6/c33-21-8-6-19(7-9-21)30(37)28-27-26(23-16-20(12-13-34(23)28)29(36)18-4-2-1-3-5-18)31(38)35(32(27)39)22-10-11-24-25(17-22)41-15-14-40-24/h1-13,16-17,23,26-28H,14-15H2/t23-,26+,27+,28+/m1/s1. The van der Waals surface area contributed by atoms with Crippen molar-refractivity contribution in [2.45, 2.75) is 12.1 Å². The summed E-state index contributed by atoms with van der Waals surface area (Å²) in [5.41, 5.74) is 1.62. The zero-order chi connectivity index (χ0) is 28.2. The number of ether oxygens (including phenoxy) is 2. The molecule has 4 aliphatic rings. The number of nitrogens with zero attached hydrogens (tertiary/aromatic N) is 2. The van der Waals surface area contributed by atoms with E-state index in [-0.39, 0.29) is 11.6 Å². The van der Waals surface area contributed by atoms with Crippen molar-refractivity contribution in [1.82, 2.24) is 4.90 Å². The molecule has 9 heteroatoms. The average molecular weight is 567 g/mol. The lowest BCUT2D eigenvalue weighted by Crippen LogP contribution is -2.46. The summed E-state index contributed by atoms with van der Waals surface area (Å²) in [6.45, 7) is 0.765. The highest BCUT2D eigenvalue weighted by Crippen LogP contribution is 2.48. The van der Waals surface area contributed by atoms with Gasteiger partial charge in [-0.2, -0.15) is 0 Å². The molecule has 0 aromatic heterocycles. The van der Waals surface area contributed by atoms with E-state index in [1.54, 1.807) is 90.0 Å². The molecule has 7 rings (SSSR count). The number of ketones is 2. The van der Waals surface area contributed by atoms with Gasteiger partial charge in [-0.3, -0.25) is 19.2 Å². The summed E-state index contributed by atoms with van der Waals surface area (Å²) in [4.78, 5) is 58.3. The second-order valence-electron chi connectivity index (χ2n) is 10.3. The molecule has 3 aromatic carbocycles. The number of halogens is 1. The minimum atomic E-state index is -0.962. The molecule has 0 bridgehead atoms. The van der Waals surface area contributed by atoms with E-state index >= 15 is 0 Å². The Balaban J connectivity index is 1.30. The fourth-order valence-corrected chi connectivity index (χ4v) is 6.29. The van der Waals surface area contributed by atoms with Crippen LogP contribution in [0.4, 0.5) is 5.69 Å². The van der Waals surface area contributed by atoms with E-state index < -0.39 is 35.7 Å². The summed E-state index contributed by atoms with van der Waals surface area (Å²) in [5.74, 6) is -2.28. The molecule has 0 unspecified atom stereocenters. The van der Waals surface area contributed by atoms with Gasteiger partial charge in [0.25, 0.3) is 0 Å². The van der Waals surface area contributed by atoms with Gasteiger partial charge in [0.05, 0.1) is 23.6 Å². The van der Waals surface area contributed by atoms with Crippen molar-refractivity contribution in [3.8, 4) is 11.5 Å². The van der Waals surface area contributed by atoms with Crippen LogP contribution in [0.3, 0.4) is 0 Å². The molecular weight excluding hydrogens is 544 g/mol. The number of hydrogen-bond donors (Lipinski definition) is 0. The first-order chi connectivity index (χ1) is 19.9. The number of hydrogen-bond acceptors (Lipinski definition) is 7. The average Bonchev–Trinajstić information content (AvgIpc) is 3.48. The molecular formula is C32H23ClN2O6. The Morgan fingerprint density at radius 3 is 2.27 bits per heavy atom. The van der Waals surface area contributed by atoms with Crippen LogP contribution >= 0.6 is 11.6 Å². The fourth-order valence-electron chi connectivity index (χ4n) is 6.16. The van der Waals surface area contributed by atoms with E-state index in [4.69, 9.17) is 21.1 Å². The maximum atomic E-state index is 14.1. The van der Waals surface area contributed by atoms with Crippen molar-refractivity contribution >= 4 is 40.7 Å². The lowest BCUT2D eigenvalue weighted by molar-refractivity contribution is -0.123. The molecule has 4 aliphatic heterocycles. The first kappa shape index (κ1) is 25.3. The molecule has 8 nitrogen and oxygen atoms in total. The van der Waals surface area contributed by atoms with Crippen molar-refractivity contribution in [3.63, 3.8) is 0 Å². The Hall–Kier alpha value is -4.69. The molecule has 0 aliphatic carbocycles. The van der Waals surface area contributed by atoms with Crippen molar-refractivity contribution in [3.05, 3.63) is 113 Å². The quantitative estimate of drug-likeness (QED) is 0.332. The van der Waals surface area contributed by atoms with Crippen LogP contribution in [0.25, 0.3) is 0 Å². The van der Waals surface area contributed by atoms with Crippen molar-refractivity contribution < 1.29 is 28.7 Å². The van der Waals surface area contributed by atoms with Gasteiger partial charge in [-0.1, -0.05) is 48.0 Å². The van der Waals surface area contributed by atoms with Gasteiger partial charge in [0.2, 0.25) is 11.8 Å². The van der Waals surface area contributed by atoms with Gasteiger partial charge in [-0.25, -0.2) is 4.90 Å². The van der Waals surface area contributed by atoms with Gasteiger partial charge in [0, 0.05) is 34.0 Å². The highest BCUT2D eigenvalue weighted by molar-refractivity contribution is 6.30. The van der Waals surface area contributed by atoms with Crippen LogP contribution in [0.15, 0.2) is 96.7 Å². The summed E-state index contributed by atoms with van der Waals surface area (Å²) < 4.78 is 11.3. The van der Waals surface area contributed by atoms with Crippen molar-refractivity contribution in [2.24, 2.45) is 11.8 Å². The number of allylic oxidation sites excluding steroid dienone is 2. The maximum absolute atomic E-state index is 14.1. The molecule has 204 valence electrons.